The van der Waals surface area contributed by atoms with Gasteiger partial charge >= 0.3 is 0 Å². The van der Waals surface area contributed by atoms with Crippen LogP contribution in [0.15, 0.2) is 200 Å². The molecule has 0 amide bonds. The number of ether oxygens (including phenoxy) is 3. The molecule has 0 radical (unpaired) electrons. The molecule has 0 spiro atoms. The quantitative estimate of drug-likeness (QED) is 0.132. The van der Waals surface area contributed by atoms with Crippen LogP contribution in [0, 0.1) is 12.3 Å². The molecule has 11 rings (SSSR count). The minimum atomic E-state index is -1.54. The Balaban J connectivity index is 0.893. The van der Waals surface area contributed by atoms with Gasteiger partial charge in [-0.3, -0.25) is 0 Å². The van der Waals surface area contributed by atoms with Crippen molar-refractivity contribution in [3.05, 3.63) is 261 Å². The molecule has 9 aromatic rings. The Morgan fingerprint density at radius 1 is 0.574 bits per heavy atom. The molecule has 0 saturated heterocycles. The van der Waals surface area contributed by atoms with Crippen LogP contribution in [0.5, 0.6) is 17.2 Å². The van der Waals surface area contributed by atoms with Gasteiger partial charge in [0, 0.05) is 33.4 Å². The highest BCUT2D eigenvalue weighted by Crippen LogP contribution is 2.52. The summed E-state index contributed by atoms with van der Waals surface area (Å²) in [5.41, 5.74) is 14.5. The predicted molar refractivity (Wildman–Crippen MR) is 275 cm³/mol. The molecule has 1 aliphatic carbocycles. The number of methoxy groups -OCH3 is 2. The molecule has 0 bridgehead atoms. The van der Waals surface area contributed by atoms with Gasteiger partial charge in [0.1, 0.15) is 17.2 Å². The van der Waals surface area contributed by atoms with Gasteiger partial charge in [-0.15, -0.1) is 6.42 Å². The number of terminal acetylenes is 1. The van der Waals surface area contributed by atoms with Gasteiger partial charge in [-0.25, -0.2) is 0 Å². The molecule has 1 aliphatic heterocycles. The first-order chi connectivity index (χ1) is 33.4. The van der Waals surface area contributed by atoms with Gasteiger partial charge in [0.25, 0.3) is 0 Å². The summed E-state index contributed by atoms with van der Waals surface area (Å²) in [7, 11) is 3.32. The second-order valence-corrected chi connectivity index (χ2v) is 17.9. The lowest BCUT2D eigenvalue weighted by Crippen LogP contribution is -2.35. The molecule has 2 atom stereocenters. The topological polar surface area (TPSA) is 47.9 Å². The van der Waals surface area contributed by atoms with Crippen LogP contribution in [0.4, 0.5) is 0 Å². The number of hydrogen-bond acceptors (Lipinski definition) is 4. The highest BCUT2D eigenvalue weighted by atomic mass is 16.5. The third kappa shape index (κ3) is 7.61. The molecule has 0 fully saturated rings. The number of rotatable bonds is 11. The first-order valence-corrected chi connectivity index (χ1v) is 23.3. The van der Waals surface area contributed by atoms with Gasteiger partial charge in [-0.2, -0.15) is 0 Å². The number of benzene rings is 9. The van der Waals surface area contributed by atoms with Crippen molar-refractivity contribution in [3.63, 3.8) is 0 Å². The highest BCUT2D eigenvalue weighted by Gasteiger charge is 2.40. The van der Waals surface area contributed by atoms with Gasteiger partial charge < -0.3 is 19.3 Å². The summed E-state index contributed by atoms with van der Waals surface area (Å²) < 4.78 is 18.5. The molecule has 1 heterocycles. The number of fused-ring (bicyclic) bond motifs is 8. The van der Waals surface area contributed by atoms with Crippen molar-refractivity contribution in [2.75, 3.05) is 14.2 Å². The Labute approximate surface area is 398 Å². The van der Waals surface area contributed by atoms with Crippen molar-refractivity contribution < 1.29 is 19.3 Å². The van der Waals surface area contributed by atoms with Crippen molar-refractivity contribution in [1.82, 2.24) is 0 Å². The zero-order chi connectivity index (χ0) is 46.2. The molecule has 4 heteroatoms. The van der Waals surface area contributed by atoms with Gasteiger partial charge in [0.05, 0.1) is 14.2 Å². The molecule has 68 heavy (non-hydrogen) atoms. The summed E-state index contributed by atoms with van der Waals surface area (Å²) in [6.45, 7) is 0. The van der Waals surface area contributed by atoms with E-state index in [1.54, 1.807) is 26.4 Å². The van der Waals surface area contributed by atoms with Gasteiger partial charge in [0.15, 0.2) is 11.2 Å². The number of aryl methyl sites for hydroxylation is 1. The van der Waals surface area contributed by atoms with Crippen molar-refractivity contribution in [2.45, 2.75) is 36.9 Å². The Hall–Kier alpha value is -8.10. The fourth-order valence-electron chi connectivity index (χ4n) is 10.3. The maximum atomic E-state index is 11.5. The van der Waals surface area contributed by atoms with Crippen LogP contribution in [0.25, 0.3) is 39.1 Å². The zero-order valence-electron chi connectivity index (χ0n) is 38.2. The fraction of sp³-hybridized carbons (Fsp3) is 0.125. The fourth-order valence-corrected chi connectivity index (χ4v) is 10.3. The van der Waals surface area contributed by atoms with E-state index in [0.717, 1.165) is 59.4 Å². The lowest BCUT2D eigenvalue weighted by Gasteiger charge is -2.39. The maximum Gasteiger partial charge on any atom is 0.178 e. The average molecular weight is 883 g/mol. The summed E-state index contributed by atoms with van der Waals surface area (Å²) in [6, 6.07) is 67.7. The minimum Gasteiger partial charge on any atom is -0.497 e. The van der Waals surface area contributed by atoms with E-state index in [1.807, 2.05) is 48.5 Å². The van der Waals surface area contributed by atoms with Gasteiger partial charge in [0.2, 0.25) is 0 Å². The minimum absolute atomic E-state index is 0.624. The van der Waals surface area contributed by atoms with Crippen LogP contribution in [-0.2, 0) is 36.9 Å². The Kier molecular flexibility index (Phi) is 11.0. The average Bonchev–Trinajstić information content (AvgIpc) is 3.41. The van der Waals surface area contributed by atoms with Crippen LogP contribution in [0.3, 0.4) is 0 Å². The second kappa shape index (κ2) is 17.6. The Morgan fingerprint density at radius 2 is 1.09 bits per heavy atom. The molecule has 2 aliphatic rings. The molecule has 1 N–H and O–H groups in total. The third-order valence-corrected chi connectivity index (χ3v) is 14.0. The molecular weight excluding hydrogens is 833 g/mol. The number of aliphatic hydroxyl groups is 1. The Morgan fingerprint density at radius 3 is 1.71 bits per heavy atom. The van der Waals surface area contributed by atoms with Gasteiger partial charge in [-0.05, 0) is 123 Å². The van der Waals surface area contributed by atoms with Crippen molar-refractivity contribution in [2.24, 2.45) is 0 Å². The van der Waals surface area contributed by atoms with Crippen molar-refractivity contribution in [3.8, 4) is 51.8 Å². The van der Waals surface area contributed by atoms with E-state index in [1.165, 1.54) is 60.8 Å². The van der Waals surface area contributed by atoms with Crippen LogP contribution >= 0.6 is 0 Å². The maximum absolute atomic E-state index is 11.5. The lowest BCUT2D eigenvalue weighted by molar-refractivity contribution is 0.145. The summed E-state index contributed by atoms with van der Waals surface area (Å²) >= 11 is 0. The molecule has 2 unspecified atom stereocenters. The molecular formula is C64H50O4. The number of hydrogen-bond donors (Lipinski definition) is 1. The van der Waals surface area contributed by atoms with E-state index in [0.29, 0.717) is 16.9 Å². The van der Waals surface area contributed by atoms with Crippen LogP contribution < -0.4 is 14.2 Å². The summed E-state index contributed by atoms with van der Waals surface area (Å²) in [6.07, 6.45) is 13.8. The van der Waals surface area contributed by atoms with E-state index in [9.17, 15) is 5.11 Å². The summed E-state index contributed by atoms with van der Waals surface area (Å²) in [4.78, 5) is 0. The van der Waals surface area contributed by atoms with E-state index < -0.39 is 11.2 Å². The summed E-state index contributed by atoms with van der Waals surface area (Å²) in [5, 5.41) is 14.0. The van der Waals surface area contributed by atoms with Crippen LogP contribution in [-0.4, -0.2) is 19.3 Å². The van der Waals surface area contributed by atoms with E-state index >= 15 is 0 Å². The SMILES string of the molecule is C#CC(O)(c1ccc(Cc2ccc(-c3ccc4c(c3)CCc3c5c(c6ccccc6c3-4)C=CC(c3ccc(Cc4ccccc4)cc3)(c3ccc(OC)cc3)O5)cc2)cc1)c1ccc(OC)cc1. The second-order valence-electron chi connectivity index (χ2n) is 17.9. The van der Waals surface area contributed by atoms with Crippen molar-refractivity contribution in [1.29, 1.82) is 0 Å². The highest BCUT2D eigenvalue weighted by molar-refractivity contribution is 6.06. The zero-order valence-corrected chi connectivity index (χ0v) is 38.2. The standard InChI is InChI=1S/C64H50O4/c1-4-63(65,51-28-32-54(66-2)33-29-51)50-24-16-45(17-25-50)41-44-14-20-47(21-15-44)48-22-36-56-49(42-48)23-37-60-61(56)58-13-9-8-12-57(58)59-38-39-64(68-62(59)60,53-30-34-55(67-3)35-31-53)52-26-18-46(19-27-52)40-43-10-6-5-7-11-43/h1,5-22,24-36,38-39,42,65H,23,37,40-41H2,2-3H3. The van der Waals surface area contributed by atoms with E-state index in [2.05, 4.69) is 152 Å². The monoisotopic (exact) mass is 882 g/mol. The molecule has 330 valence electrons. The summed E-state index contributed by atoms with van der Waals surface area (Å²) in [5.74, 6) is 5.08. The first kappa shape index (κ1) is 42.5. The normalized spacial score (nSPS) is 15.5. The predicted octanol–water partition coefficient (Wildman–Crippen LogP) is 13.7. The smallest absolute Gasteiger partial charge is 0.178 e. The largest absolute Gasteiger partial charge is 0.497 e. The first-order valence-electron chi connectivity index (χ1n) is 23.3. The van der Waals surface area contributed by atoms with Crippen LogP contribution in [0.1, 0.15) is 61.2 Å². The third-order valence-electron chi connectivity index (χ3n) is 14.0. The Bertz CT molecular complexity index is 3360. The van der Waals surface area contributed by atoms with E-state index in [4.69, 9.17) is 20.6 Å². The van der Waals surface area contributed by atoms with Crippen molar-refractivity contribution >= 4 is 16.8 Å². The van der Waals surface area contributed by atoms with E-state index in [-0.39, 0.29) is 0 Å². The molecule has 0 aromatic heterocycles. The molecule has 9 aromatic carbocycles. The van der Waals surface area contributed by atoms with Crippen LogP contribution in [0.2, 0.25) is 0 Å². The lowest BCUT2D eigenvalue weighted by atomic mass is 9.77. The molecule has 0 saturated carbocycles. The van der Waals surface area contributed by atoms with Gasteiger partial charge in [-0.1, -0.05) is 176 Å². The molecule has 4 nitrogen and oxygen atoms in total.